The number of methoxy groups -OCH3 is 1. The van der Waals surface area contributed by atoms with E-state index in [1.165, 1.54) is 0 Å². The zero-order valence-electron chi connectivity index (χ0n) is 7.39. The molecule has 1 fully saturated rings. The summed E-state index contributed by atoms with van der Waals surface area (Å²) in [7, 11) is 3.25. The molecule has 1 aliphatic heterocycles. The molecular weight excluding hydrogens is 158 g/mol. The van der Waals surface area contributed by atoms with Crippen LogP contribution in [0.3, 0.4) is 0 Å². The summed E-state index contributed by atoms with van der Waals surface area (Å²) in [6.45, 7) is 1.57. The van der Waals surface area contributed by atoms with E-state index in [0.717, 1.165) is 13.1 Å². The van der Waals surface area contributed by atoms with Crippen molar-refractivity contribution in [1.29, 1.82) is 0 Å². The molecule has 5 nitrogen and oxygen atoms in total. The molecule has 0 saturated carbocycles. The highest BCUT2D eigenvalue weighted by atomic mass is 16.5. The lowest BCUT2D eigenvalue weighted by Gasteiger charge is -2.17. The van der Waals surface area contributed by atoms with Gasteiger partial charge in [-0.1, -0.05) is 0 Å². The van der Waals surface area contributed by atoms with E-state index in [0.29, 0.717) is 0 Å². The monoisotopic (exact) mass is 173 g/mol. The third-order valence-electron chi connectivity index (χ3n) is 2.00. The number of hydrogen-bond donors (Lipinski definition) is 3. The molecule has 1 unspecified atom stereocenters. The lowest BCUT2D eigenvalue weighted by molar-refractivity contribution is 0.0985. The molecular formula is C7H15N3O2. The molecule has 5 heteroatoms. The van der Waals surface area contributed by atoms with Crippen molar-refractivity contribution in [3.63, 3.8) is 0 Å². The Morgan fingerprint density at radius 3 is 2.92 bits per heavy atom. The molecule has 0 aromatic carbocycles. The average molecular weight is 173 g/mol. The molecule has 0 aromatic rings. The molecule has 0 bridgehead atoms. The van der Waals surface area contributed by atoms with Crippen molar-refractivity contribution in [2.45, 2.75) is 12.1 Å². The van der Waals surface area contributed by atoms with Gasteiger partial charge >= 0.3 is 6.03 Å². The molecule has 0 aromatic heterocycles. The van der Waals surface area contributed by atoms with Crippen LogP contribution in [0.2, 0.25) is 0 Å². The van der Waals surface area contributed by atoms with E-state index < -0.39 is 0 Å². The maximum atomic E-state index is 10.9. The van der Waals surface area contributed by atoms with Crippen LogP contribution >= 0.6 is 0 Å². The Labute approximate surface area is 71.8 Å². The van der Waals surface area contributed by atoms with Crippen LogP contribution in [0.1, 0.15) is 0 Å². The van der Waals surface area contributed by atoms with Crippen LogP contribution in [0.5, 0.6) is 0 Å². The first-order chi connectivity index (χ1) is 5.77. The minimum Gasteiger partial charge on any atom is -0.378 e. The quantitative estimate of drug-likeness (QED) is 0.497. The zero-order chi connectivity index (χ0) is 8.97. The Morgan fingerprint density at radius 1 is 1.58 bits per heavy atom. The maximum Gasteiger partial charge on any atom is 0.314 e. The summed E-state index contributed by atoms with van der Waals surface area (Å²) in [6.07, 6.45) is 0.0855. The number of carbonyl (C=O) groups excluding carboxylic acids is 1. The molecule has 0 spiro atoms. The summed E-state index contributed by atoms with van der Waals surface area (Å²) in [6, 6.07) is -0.0827. The highest BCUT2D eigenvalue weighted by molar-refractivity contribution is 5.73. The number of rotatable bonds is 2. The first-order valence-electron chi connectivity index (χ1n) is 3.99. The Morgan fingerprint density at radius 2 is 2.33 bits per heavy atom. The van der Waals surface area contributed by atoms with Crippen LogP contribution in [-0.2, 0) is 4.74 Å². The van der Waals surface area contributed by atoms with Gasteiger partial charge in [-0.25, -0.2) is 4.79 Å². The molecule has 3 N–H and O–H groups in total. The molecule has 1 saturated heterocycles. The second-order valence-electron chi connectivity index (χ2n) is 2.76. The lowest BCUT2D eigenvalue weighted by atomic mass is 10.2. The van der Waals surface area contributed by atoms with E-state index in [-0.39, 0.29) is 18.2 Å². The van der Waals surface area contributed by atoms with Crippen molar-refractivity contribution in [3.05, 3.63) is 0 Å². The maximum absolute atomic E-state index is 10.9. The summed E-state index contributed by atoms with van der Waals surface area (Å²) in [5.74, 6) is 0. The van der Waals surface area contributed by atoms with Gasteiger partial charge < -0.3 is 20.7 Å². The van der Waals surface area contributed by atoms with Crippen LogP contribution in [0.4, 0.5) is 4.79 Å². The molecule has 0 radical (unpaired) electrons. The Kier molecular flexibility index (Phi) is 3.31. The smallest absolute Gasteiger partial charge is 0.314 e. The summed E-state index contributed by atoms with van der Waals surface area (Å²) < 4.78 is 5.16. The van der Waals surface area contributed by atoms with E-state index >= 15 is 0 Å². The summed E-state index contributed by atoms with van der Waals surface area (Å²) in [5, 5.41) is 8.43. The second kappa shape index (κ2) is 4.27. The summed E-state index contributed by atoms with van der Waals surface area (Å²) in [5.41, 5.74) is 0. The van der Waals surface area contributed by atoms with Gasteiger partial charge in [0, 0.05) is 27.2 Å². The van der Waals surface area contributed by atoms with Crippen LogP contribution in [0, 0.1) is 0 Å². The minimum atomic E-state index is -0.161. The standard InChI is InChI=1S/C7H15N3O2/c1-8-7(11)10-5-3-9-4-6(5)12-2/h5-6,9H,3-4H2,1-2H3,(H2,8,10,11)/t5?,6-/m0/s1. The number of ether oxygens (including phenoxy) is 1. The van der Waals surface area contributed by atoms with Gasteiger partial charge in [0.15, 0.2) is 0 Å². The molecule has 1 heterocycles. The van der Waals surface area contributed by atoms with Crippen LogP contribution in [0.25, 0.3) is 0 Å². The van der Waals surface area contributed by atoms with Crippen molar-refractivity contribution in [1.82, 2.24) is 16.0 Å². The van der Waals surface area contributed by atoms with Crippen molar-refractivity contribution >= 4 is 6.03 Å². The SMILES string of the molecule is CNC(=O)NC1CNC[C@@H]1OC. The number of carbonyl (C=O) groups is 1. The Balaban J connectivity index is 2.35. The predicted octanol–water partition coefficient (Wildman–Crippen LogP) is -1.10. The molecule has 12 heavy (non-hydrogen) atoms. The third-order valence-corrected chi connectivity index (χ3v) is 2.00. The van der Waals surface area contributed by atoms with Gasteiger partial charge in [0.1, 0.15) is 0 Å². The van der Waals surface area contributed by atoms with Crippen molar-refractivity contribution in [2.75, 3.05) is 27.2 Å². The lowest BCUT2D eigenvalue weighted by Crippen LogP contribution is -2.47. The van der Waals surface area contributed by atoms with E-state index in [9.17, 15) is 4.79 Å². The fourth-order valence-corrected chi connectivity index (χ4v) is 1.29. The third kappa shape index (κ3) is 2.09. The molecule has 1 rings (SSSR count). The van der Waals surface area contributed by atoms with Crippen molar-refractivity contribution in [2.24, 2.45) is 0 Å². The molecule has 2 amide bonds. The van der Waals surface area contributed by atoms with E-state index in [1.807, 2.05) is 0 Å². The largest absolute Gasteiger partial charge is 0.378 e. The van der Waals surface area contributed by atoms with Gasteiger partial charge in [-0.3, -0.25) is 0 Å². The van der Waals surface area contributed by atoms with Gasteiger partial charge in [0.25, 0.3) is 0 Å². The number of amides is 2. The van der Waals surface area contributed by atoms with E-state index in [2.05, 4.69) is 16.0 Å². The number of urea groups is 1. The van der Waals surface area contributed by atoms with Crippen LogP contribution in [-0.4, -0.2) is 45.4 Å². The molecule has 70 valence electrons. The van der Waals surface area contributed by atoms with Gasteiger partial charge in [-0.2, -0.15) is 0 Å². The minimum absolute atomic E-state index is 0.0787. The second-order valence-corrected chi connectivity index (χ2v) is 2.76. The van der Waals surface area contributed by atoms with Crippen LogP contribution < -0.4 is 16.0 Å². The predicted molar refractivity (Wildman–Crippen MR) is 45.0 cm³/mol. The van der Waals surface area contributed by atoms with Gasteiger partial charge in [-0.05, 0) is 0 Å². The average Bonchev–Trinajstić information content (AvgIpc) is 2.51. The summed E-state index contributed by atoms with van der Waals surface area (Å²) in [4.78, 5) is 10.9. The number of hydrogen-bond acceptors (Lipinski definition) is 3. The molecule has 1 aliphatic rings. The molecule has 0 aliphatic carbocycles. The van der Waals surface area contributed by atoms with Gasteiger partial charge in [-0.15, -0.1) is 0 Å². The topological polar surface area (TPSA) is 62.4 Å². The normalized spacial score (nSPS) is 28.5. The number of nitrogens with one attached hydrogen (secondary N) is 3. The van der Waals surface area contributed by atoms with Gasteiger partial charge in [0.2, 0.25) is 0 Å². The molecule has 2 atom stereocenters. The summed E-state index contributed by atoms with van der Waals surface area (Å²) >= 11 is 0. The fraction of sp³-hybridized carbons (Fsp3) is 0.857. The van der Waals surface area contributed by atoms with Gasteiger partial charge in [0.05, 0.1) is 12.1 Å². The first kappa shape index (κ1) is 9.28. The fourth-order valence-electron chi connectivity index (χ4n) is 1.29. The highest BCUT2D eigenvalue weighted by Gasteiger charge is 2.27. The van der Waals surface area contributed by atoms with E-state index in [4.69, 9.17) is 4.74 Å². The van der Waals surface area contributed by atoms with E-state index in [1.54, 1.807) is 14.2 Å². The highest BCUT2D eigenvalue weighted by Crippen LogP contribution is 2.02. The van der Waals surface area contributed by atoms with Crippen molar-refractivity contribution < 1.29 is 9.53 Å². The zero-order valence-corrected chi connectivity index (χ0v) is 7.39. The Hall–Kier alpha value is -0.810. The van der Waals surface area contributed by atoms with Crippen molar-refractivity contribution in [3.8, 4) is 0 Å². The van der Waals surface area contributed by atoms with Crippen LogP contribution in [0.15, 0.2) is 0 Å². The Bertz CT molecular complexity index is 163. The first-order valence-corrected chi connectivity index (χ1v) is 3.99.